The van der Waals surface area contributed by atoms with E-state index in [-0.39, 0.29) is 18.2 Å². The number of carboxylic acids is 1. The predicted octanol–water partition coefficient (Wildman–Crippen LogP) is 1.16. The number of rotatable bonds is 6. The highest BCUT2D eigenvalue weighted by Gasteiger charge is 2.29. The molecule has 1 heterocycles. The highest BCUT2D eigenvalue weighted by Crippen LogP contribution is 2.30. The maximum atomic E-state index is 12.4. The van der Waals surface area contributed by atoms with Gasteiger partial charge >= 0.3 is 5.97 Å². The van der Waals surface area contributed by atoms with Crippen molar-refractivity contribution in [1.82, 2.24) is 9.47 Å². The average molecular weight is 278 g/mol. The molecule has 0 aromatic carbocycles. The monoisotopic (exact) mass is 278 g/mol. The Kier molecular flexibility index (Phi) is 3.92. The van der Waals surface area contributed by atoms with Gasteiger partial charge in [-0.2, -0.15) is 0 Å². The number of nitrogens with zero attached hydrogens (tertiary/aromatic N) is 2. The molecule has 1 amide bonds. The molecule has 0 aliphatic heterocycles. The second-order valence-corrected chi connectivity index (χ2v) is 5.30. The molecule has 1 aliphatic carbocycles. The van der Waals surface area contributed by atoms with E-state index >= 15 is 0 Å². The summed E-state index contributed by atoms with van der Waals surface area (Å²) >= 11 is 0. The molecule has 0 spiro atoms. The van der Waals surface area contributed by atoms with Crippen molar-refractivity contribution in [3.8, 4) is 0 Å². The van der Waals surface area contributed by atoms with Crippen LogP contribution in [0.5, 0.6) is 0 Å². The van der Waals surface area contributed by atoms with Gasteiger partial charge in [0.25, 0.3) is 5.91 Å². The van der Waals surface area contributed by atoms with Crippen LogP contribution in [-0.4, -0.2) is 45.3 Å². The first-order valence-electron chi connectivity index (χ1n) is 6.57. The summed E-state index contributed by atoms with van der Waals surface area (Å²) in [7, 11) is 1.68. The molecule has 0 radical (unpaired) electrons. The lowest BCUT2D eigenvalue weighted by Gasteiger charge is -2.20. The van der Waals surface area contributed by atoms with E-state index < -0.39 is 5.97 Å². The standard InChI is InChI=1S/C14H18N2O4/c1-9(17)11-5-12(15(2)7-11)14(20)16(8-13(18)19)6-10-3-4-10/h5,7,10H,3-4,6,8H2,1-2H3,(H,18,19). The highest BCUT2D eigenvalue weighted by atomic mass is 16.4. The first-order chi connectivity index (χ1) is 9.38. The Morgan fingerprint density at radius 2 is 2.05 bits per heavy atom. The van der Waals surface area contributed by atoms with Crippen molar-refractivity contribution in [1.29, 1.82) is 0 Å². The van der Waals surface area contributed by atoms with Crippen molar-refractivity contribution in [3.63, 3.8) is 0 Å². The fourth-order valence-corrected chi connectivity index (χ4v) is 2.13. The highest BCUT2D eigenvalue weighted by molar-refractivity contribution is 6.00. The van der Waals surface area contributed by atoms with Crippen LogP contribution in [0.4, 0.5) is 0 Å². The molecule has 2 rings (SSSR count). The van der Waals surface area contributed by atoms with Crippen LogP contribution < -0.4 is 0 Å². The fraction of sp³-hybridized carbons (Fsp3) is 0.500. The van der Waals surface area contributed by atoms with Gasteiger partial charge in [-0.05, 0) is 31.7 Å². The van der Waals surface area contributed by atoms with E-state index in [4.69, 9.17) is 5.11 Å². The number of carbonyl (C=O) groups excluding carboxylic acids is 2. The van der Waals surface area contributed by atoms with Crippen LogP contribution in [0.25, 0.3) is 0 Å². The first-order valence-corrected chi connectivity index (χ1v) is 6.57. The summed E-state index contributed by atoms with van der Waals surface area (Å²) in [6, 6.07) is 1.52. The van der Waals surface area contributed by atoms with E-state index in [9.17, 15) is 14.4 Å². The van der Waals surface area contributed by atoms with Crippen molar-refractivity contribution in [2.45, 2.75) is 19.8 Å². The number of aromatic nitrogens is 1. The second-order valence-electron chi connectivity index (χ2n) is 5.30. The Balaban J connectivity index is 2.21. The number of carbonyl (C=O) groups is 3. The number of hydrogen-bond acceptors (Lipinski definition) is 3. The molecule has 0 atom stereocenters. The lowest BCUT2D eigenvalue weighted by molar-refractivity contribution is -0.137. The van der Waals surface area contributed by atoms with E-state index in [2.05, 4.69) is 0 Å². The van der Waals surface area contributed by atoms with Crippen LogP contribution in [0.2, 0.25) is 0 Å². The number of ketones is 1. The Morgan fingerprint density at radius 1 is 1.40 bits per heavy atom. The average Bonchev–Trinajstić information content (AvgIpc) is 3.07. The van der Waals surface area contributed by atoms with Crippen LogP contribution in [0.3, 0.4) is 0 Å². The van der Waals surface area contributed by atoms with Crippen molar-refractivity contribution in [3.05, 3.63) is 23.5 Å². The van der Waals surface area contributed by atoms with Gasteiger partial charge in [0.05, 0.1) is 0 Å². The molecule has 6 nitrogen and oxygen atoms in total. The van der Waals surface area contributed by atoms with Crippen molar-refractivity contribution in [2.75, 3.05) is 13.1 Å². The van der Waals surface area contributed by atoms with Gasteiger partial charge in [-0.1, -0.05) is 0 Å². The lowest BCUT2D eigenvalue weighted by atomic mass is 10.2. The number of aliphatic carboxylic acids is 1. The zero-order chi connectivity index (χ0) is 14.9. The molecule has 1 aromatic heterocycles. The van der Waals surface area contributed by atoms with Crippen LogP contribution in [0.1, 0.15) is 40.6 Å². The largest absolute Gasteiger partial charge is 0.480 e. The van der Waals surface area contributed by atoms with E-state index in [1.165, 1.54) is 17.9 Å². The molecule has 1 N–H and O–H groups in total. The summed E-state index contributed by atoms with van der Waals surface area (Å²) in [4.78, 5) is 36.0. The lowest BCUT2D eigenvalue weighted by Crippen LogP contribution is -2.38. The van der Waals surface area contributed by atoms with Gasteiger partial charge in [0.15, 0.2) is 5.78 Å². The van der Waals surface area contributed by atoms with Gasteiger partial charge in [0.2, 0.25) is 0 Å². The van der Waals surface area contributed by atoms with Crippen LogP contribution in [0.15, 0.2) is 12.3 Å². The minimum Gasteiger partial charge on any atom is -0.480 e. The summed E-state index contributed by atoms with van der Waals surface area (Å²) in [6.07, 6.45) is 3.66. The van der Waals surface area contributed by atoms with Gasteiger partial charge in [-0.3, -0.25) is 14.4 Å². The summed E-state index contributed by atoms with van der Waals surface area (Å²) in [5, 5.41) is 8.92. The van der Waals surface area contributed by atoms with Crippen molar-refractivity contribution < 1.29 is 19.5 Å². The maximum Gasteiger partial charge on any atom is 0.323 e. The molecule has 1 fully saturated rings. The zero-order valence-corrected chi connectivity index (χ0v) is 11.6. The molecule has 108 valence electrons. The Hall–Kier alpha value is -2.11. The third-order valence-corrected chi connectivity index (χ3v) is 3.42. The van der Waals surface area contributed by atoms with Gasteiger partial charge in [-0.15, -0.1) is 0 Å². The van der Waals surface area contributed by atoms with Crippen molar-refractivity contribution >= 4 is 17.7 Å². The molecule has 1 saturated carbocycles. The summed E-state index contributed by atoms with van der Waals surface area (Å²) in [6.45, 7) is 1.59. The summed E-state index contributed by atoms with van der Waals surface area (Å²) in [5.74, 6) is -1.08. The summed E-state index contributed by atoms with van der Waals surface area (Å²) in [5.41, 5.74) is 0.801. The number of amides is 1. The molecule has 0 saturated heterocycles. The topological polar surface area (TPSA) is 79.6 Å². The van der Waals surface area contributed by atoms with E-state index in [0.717, 1.165) is 12.8 Å². The second kappa shape index (κ2) is 5.48. The summed E-state index contributed by atoms with van der Waals surface area (Å²) < 4.78 is 1.57. The number of carboxylic acid groups (broad SMARTS) is 1. The van der Waals surface area contributed by atoms with E-state index in [1.807, 2.05) is 0 Å². The van der Waals surface area contributed by atoms with Gasteiger partial charge in [-0.25, -0.2) is 0 Å². The van der Waals surface area contributed by atoms with Gasteiger partial charge in [0.1, 0.15) is 12.2 Å². The van der Waals surface area contributed by atoms with Gasteiger partial charge < -0.3 is 14.6 Å². The Bertz CT molecular complexity index is 558. The third kappa shape index (κ3) is 3.26. The fourth-order valence-electron chi connectivity index (χ4n) is 2.13. The minimum atomic E-state index is -1.03. The molecule has 6 heteroatoms. The molecule has 0 unspecified atom stereocenters. The molecule has 1 aliphatic rings. The molecular formula is C14H18N2O4. The third-order valence-electron chi connectivity index (χ3n) is 3.42. The smallest absolute Gasteiger partial charge is 0.323 e. The van der Waals surface area contributed by atoms with Crippen LogP contribution in [-0.2, 0) is 11.8 Å². The van der Waals surface area contributed by atoms with Crippen molar-refractivity contribution in [2.24, 2.45) is 13.0 Å². The maximum absolute atomic E-state index is 12.4. The molecule has 1 aromatic rings. The van der Waals surface area contributed by atoms with Crippen LogP contribution >= 0.6 is 0 Å². The molecule has 20 heavy (non-hydrogen) atoms. The van der Waals surface area contributed by atoms with E-state index in [0.29, 0.717) is 23.7 Å². The number of Topliss-reactive ketones (excluding diaryl/α,β-unsaturated/α-hetero) is 1. The normalized spacial score (nSPS) is 14.1. The Labute approximate surface area is 117 Å². The van der Waals surface area contributed by atoms with Gasteiger partial charge in [0, 0.05) is 25.4 Å². The zero-order valence-electron chi connectivity index (χ0n) is 11.6. The molecular weight excluding hydrogens is 260 g/mol. The number of aryl methyl sites for hydroxylation is 1. The SMILES string of the molecule is CC(=O)c1cc(C(=O)N(CC(=O)O)CC2CC2)n(C)c1. The minimum absolute atomic E-state index is 0.119. The first kappa shape index (κ1) is 14.3. The Morgan fingerprint density at radius 3 is 2.50 bits per heavy atom. The van der Waals surface area contributed by atoms with Crippen LogP contribution in [0, 0.1) is 5.92 Å². The van der Waals surface area contributed by atoms with E-state index in [1.54, 1.807) is 17.8 Å². The quantitative estimate of drug-likeness (QED) is 0.792. The predicted molar refractivity (Wildman–Crippen MR) is 71.7 cm³/mol. The number of hydrogen-bond donors (Lipinski definition) is 1. The molecule has 0 bridgehead atoms.